The lowest BCUT2D eigenvalue weighted by molar-refractivity contribution is 0.0216. The number of nitrogens with zero attached hydrogens (tertiary/aromatic N) is 3. The number of fused-ring (bicyclic) bond motifs is 1. The number of carboxylic acid groups (broad SMARTS) is 1. The summed E-state index contributed by atoms with van der Waals surface area (Å²) in [6, 6.07) is 1.62. The topological polar surface area (TPSA) is 133 Å². The lowest BCUT2D eigenvalue weighted by Crippen LogP contribution is -2.49. The number of rotatable bonds is 4. The summed E-state index contributed by atoms with van der Waals surface area (Å²) in [5.41, 5.74) is 1.16. The number of carbonyl (C=O) groups is 2. The number of aromatic carboxylic acids is 1. The van der Waals surface area contributed by atoms with Crippen LogP contribution >= 0.6 is 0 Å². The van der Waals surface area contributed by atoms with Crippen LogP contribution in [0.2, 0.25) is 0 Å². The third kappa shape index (κ3) is 5.05. The number of carbonyl (C=O) groups excluding carboxylic acids is 1. The molecule has 10 nitrogen and oxygen atoms in total. The number of ether oxygens (including phenoxy) is 1. The van der Waals surface area contributed by atoms with Crippen LogP contribution in [0, 0.1) is 0 Å². The van der Waals surface area contributed by atoms with E-state index in [0.29, 0.717) is 57.5 Å². The van der Waals surface area contributed by atoms with Crippen molar-refractivity contribution in [2.24, 2.45) is 0 Å². The Hall–Kier alpha value is -2.66. The molecule has 2 aliphatic rings. The zero-order valence-electron chi connectivity index (χ0n) is 19.8. The highest BCUT2D eigenvalue weighted by Gasteiger charge is 2.38. The van der Waals surface area contributed by atoms with Gasteiger partial charge in [0.05, 0.1) is 10.8 Å². The van der Waals surface area contributed by atoms with Gasteiger partial charge in [0, 0.05) is 44.0 Å². The van der Waals surface area contributed by atoms with Gasteiger partial charge in [-0.15, -0.1) is 0 Å². The van der Waals surface area contributed by atoms with E-state index in [4.69, 9.17) is 4.74 Å². The quantitative estimate of drug-likeness (QED) is 0.670. The van der Waals surface area contributed by atoms with Gasteiger partial charge in [0.2, 0.25) is 10.0 Å². The number of hydrogen-bond acceptors (Lipinski definition) is 6. The normalized spacial score (nSPS) is 19.4. The molecule has 186 valence electrons. The Bertz CT molecular complexity index is 1170. The first kappa shape index (κ1) is 24.5. The molecule has 4 heterocycles. The third-order valence-corrected chi connectivity index (χ3v) is 8.98. The first-order valence-electron chi connectivity index (χ1n) is 11.6. The minimum Gasteiger partial charge on any atom is -0.478 e. The Balaban J connectivity index is 1.37. The van der Waals surface area contributed by atoms with E-state index in [0.717, 1.165) is 10.9 Å². The van der Waals surface area contributed by atoms with E-state index in [2.05, 4.69) is 9.97 Å². The molecule has 2 aromatic rings. The van der Waals surface area contributed by atoms with Crippen LogP contribution < -0.4 is 0 Å². The van der Waals surface area contributed by atoms with Crippen molar-refractivity contribution < 1.29 is 27.9 Å². The van der Waals surface area contributed by atoms with Crippen molar-refractivity contribution in [2.75, 3.05) is 26.2 Å². The summed E-state index contributed by atoms with van der Waals surface area (Å²) in [6.45, 7) is 6.99. The van der Waals surface area contributed by atoms with E-state index in [1.807, 2.05) is 27.0 Å². The molecule has 0 atom stereocenters. The fraction of sp³-hybridized carbons (Fsp3) is 0.609. The molecule has 2 N–H and O–H groups in total. The third-order valence-electron chi connectivity index (χ3n) is 6.58. The lowest BCUT2D eigenvalue weighted by Gasteiger charge is -2.37. The van der Waals surface area contributed by atoms with E-state index >= 15 is 0 Å². The molecule has 0 unspecified atom stereocenters. The standard InChI is InChI=1S/C23H32N4O6S/c1-23(2,3)33-22(30)26-8-6-17(7-9-26)34(31,32)27-10-4-15(5-11-27)19-14-25-20-18(19)12-16(13-24-20)21(28)29/h12-15,17H,4-11H2,1-3H3,(H,24,25)(H,28,29). The molecule has 11 heteroatoms. The first-order valence-corrected chi connectivity index (χ1v) is 13.1. The number of hydrogen-bond donors (Lipinski definition) is 2. The van der Waals surface area contributed by atoms with Crippen LogP contribution in [0.3, 0.4) is 0 Å². The van der Waals surface area contributed by atoms with Crippen LogP contribution in [0.5, 0.6) is 0 Å². The largest absolute Gasteiger partial charge is 0.478 e. The Labute approximate surface area is 199 Å². The Morgan fingerprint density at radius 1 is 1.12 bits per heavy atom. The summed E-state index contributed by atoms with van der Waals surface area (Å²) in [5, 5.41) is 9.55. The van der Waals surface area contributed by atoms with Crippen molar-refractivity contribution >= 4 is 33.1 Å². The number of piperidine rings is 2. The van der Waals surface area contributed by atoms with E-state index in [1.54, 1.807) is 15.3 Å². The number of aromatic amines is 1. The van der Waals surface area contributed by atoms with Crippen molar-refractivity contribution in [2.45, 2.75) is 63.2 Å². The molecule has 4 rings (SSSR count). The molecular weight excluding hydrogens is 460 g/mol. The molecule has 34 heavy (non-hydrogen) atoms. The van der Waals surface area contributed by atoms with Gasteiger partial charge in [0.25, 0.3) is 0 Å². The van der Waals surface area contributed by atoms with Gasteiger partial charge >= 0.3 is 12.1 Å². The molecule has 0 bridgehead atoms. The minimum absolute atomic E-state index is 0.125. The number of nitrogens with one attached hydrogen (secondary N) is 1. The highest BCUT2D eigenvalue weighted by molar-refractivity contribution is 7.89. The number of amides is 1. The smallest absolute Gasteiger partial charge is 0.410 e. The molecule has 0 aromatic carbocycles. The Morgan fingerprint density at radius 3 is 2.35 bits per heavy atom. The van der Waals surface area contributed by atoms with Gasteiger partial charge in [-0.3, -0.25) is 0 Å². The summed E-state index contributed by atoms with van der Waals surface area (Å²) in [7, 11) is -3.47. The maximum absolute atomic E-state index is 13.3. The fourth-order valence-corrected chi connectivity index (χ4v) is 6.72. The van der Waals surface area contributed by atoms with Gasteiger partial charge in [0.1, 0.15) is 11.2 Å². The predicted molar refractivity (Wildman–Crippen MR) is 126 cm³/mol. The predicted octanol–water partition coefficient (Wildman–Crippen LogP) is 3.17. The first-order chi connectivity index (χ1) is 16.0. The van der Waals surface area contributed by atoms with Crippen molar-refractivity contribution in [3.05, 3.63) is 29.6 Å². The maximum atomic E-state index is 13.3. The number of aromatic nitrogens is 2. The summed E-state index contributed by atoms with van der Waals surface area (Å²) >= 11 is 0. The summed E-state index contributed by atoms with van der Waals surface area (Å²) < 4.78 is 33.5. The summed E-state index contributed by atoms with van der Waals surface area (Å²) in [4.78, 5) is 32.5. The molecule has 1 amide bonds. The molecule has 0 aliphatic carbocycles. The highest BCUT2D eigenvalue weighted by Crippen LogP contribution is 2.35. The van der Waals surface area contributed by atoms with Crippen molar-refractivity contribution in [1.82, 2.24) is 19.2 Å². The summed E-state index contributed by atoms with van der Waals surface area (Å²) in [6.07, 6.45) is 4.88. The number of sulfonamides is 1. The number of pyridine rings is 1. The fourth-order valence-electron chi connectivity index (χ4n) is 4.77. The van der Waals surface area contributed by atoms with Crippen molar-refractivity contribution in [1.29, 1.82) is 0 Å². The lowest BCUT2D eigenvalue weighted by atomic mass is 9.90. The van der Waals surface area contributed by atoms with Crippen LogP contribution in [-0.2, 0) is 14.8 Å². The second-order valence-corrected chi connectivity index (χ2v) is 12.3. The van der Waals surface area contributed by atoms with Gasteiger partial charge in [-0.2, -0.15) is 0 Å². The van der Waals surface area contributed by atoms with Gasteiger partial charge in [-0.1, -0.05) is 0 Å². The van der Waals surface area contributed by atoms with Crippen LogP contribution in [0.1, 0.15) is 68.3 Å². The number of H-pyrrole nitrogens is 1. The SMILES string of the molecule is CC(C)(C)OC(=O)N1CCC(S(=O)(=O)N2CCC(c3c[nH]c4ncc(C(=O)O)cc34)CC2)CC1. The number of likely N-dealkylation sites (tertiary alicyclic amines) is 1. The molecule has 2 aromatic heterocycles. The maximum Gasteiger partial charge on any atom is 0.410 e. The van der Waals surface area contributed by atoms with E-state index in [9.17, 15) is 23.1 Å². The summed E-state index contributed by atoms with van der Waals surface area (Å²) in [5.74, 6) is -0.903. The van der Waals surface area contributed by atoms with Gasteiger partial charge in [-0.25, -0.2) is 27.3 Å². The van der Waals surface area contributed by atoms with Gasteiger partial charge in [0.15, 0.2) is 0 Å². The molecule has 0 spiro atoms. The van der Waals surface area contributed by atoms with E-state index in [-0.39, 0.29) is 11.5 Å². The van der Waals surface area contributed by atoms with Crippen molar-refractivity contribution in [3.8, 4) is 0 Å². The van der Waals surface area contributed by atoms with Crippen molar-refractivity contribution in [3.63, 3.8) is 0 Å². The number of carboxylic acids is 1. The highest BCUT2D eigenvalue weighted by atomic mass is 32.2. The van der Waals surface area contributed by atoms with E-state index in [1.165, 1.54) is 6.20 Å². The average molecular weight is 493 g/mol. The molecule has 2 saturated heterocycles. The van der Waals surface area contributed by atoms with Crippen LogP contribution in [0.15, 0.2) is 18.5 Å². The zero-order chi connectivity index (χ0) is 24.7. The minimum atomic E-state index is -3.47. The second-order valence-electron chi connectivity index (χ2n) is 10.1. The van der Waals surface area contributed by atoms with Gasteiger partial charge in [-0.05, 0) is 64.0 Å². The van der Waals surface area contributed by atoms with E-state index < -0.39 is 32.9 Å². The van der Waals surface area contributed by atoms with Gasteiger partial charge < -0.3 is 19.7 Å². The molecule has 0 saturated carbocycles. The molecule has 2 aliphatic heterocycles. The molecule has 0 radical (unpaired) electrons. The average Bonchev–Trinajstić information content (AvgIpc) is 3.21. The Kier molecular flexibility index (Phi) is 6.61. The van der Waals surface area contributed by atoms with Crippen LogP contribution in [-0.4, -0.2) is 81.8 Å². The van der Waals surface area contributed by atoms with Crippen LogP contribution in [0.4, 0.5) is 4.79 Å². The second kappa shape index (κ2) is 9.18. The van der Waals surface area contributed by atoms with Crippen LogP contribution in [0.25, 0.3) is 11.0 Å². The molecule has 2 fully saturated rings. The zero-order valence-corrected chi connectivity index (χ0v) is 20.6. The monoisotopic (exact) mass is 492 g/mol. The Morgan fingerprint density at radius 2 is 1.76 bits per heavy atom. The molecular formula is C23H32N4O6S.